The Morgan fingerprint density at radius 3 is 2.66 bits per heavy atom. The van der Waals surface area contributed by atoms with Crippen LogP contribution < -0.4 is 0 Å². The number of carbonyl (C=O) groups excluding carboxylic acids is 3. The number of carboxylic acids is 1. The van der Waals surface area contributed by atoms with Gasteiger partial charge in [-0.1, -0.05) is 18.2 Å². The Balaban J connectivity index is 1.68. The first-order chi connectivity index (χ1) is 15.3. The van der Waals surface area contributed by atoms with Gasteiger partial charge in [-0.15, -0.1) is 0 Å². The number of imide groups is 1. The first-order valence-electron chi connectivity index (χ1n) is 9.55. The number of nitrogens with zero attached hydrogens (tertiary/aromatic N) is 2. The van der Waals surface area contributed by atoms with E-state index in [9.17, 15) is 19.2 Å². The van der Waals surface area contributed by atoms with Crippen LogP contribution in [0.3, 0.4) is 0 Å². The molecule has 0 bridgehead atoms. The summed E-state index contributed by atoms with van der Waals surface area (Å²) in [5, 5.41) is 9.35. The van der Waals surface area contributed by atoms with E-state index < -0.39 is 29.1 Å². The second-order valence-corrected chi connectivity index (χ2v) is 8.04. The molecule has 1 N–H and O–H groups in total. The molecule has 164 valence electrons. The van der Waals surface area contributed by atoms with Crippen molar-refractivity contribution in [2.75, 3.05) is 7.11 Å². The van der Waals surface area contributed by atoms with Crippen molar-refractivity contribution >= 4 is 51.8 Å². The monoisotopic (exact) mass is 454 g/mol. The Labute approximate surface area is 186 Å². The molecule has 10 heteroatoms. The van der Waals surface area contributed by atoms with Gasteiger partial charge in [-0.2, -0.15) is 0 Å². The number of benzene rings is 1. The maximum Gasteiger partial charge on any atom is 0.371 e. The third-order valence-electron chi connectivity index (χ3n) is 5.06. The van der Waals surface area contributed by atoms with E-state index in [1.165, 1.54) is 20.1 Å². The predicted octanol–water partition coefficient (Wildman–Crippen LogP) is 3.58. The van der Waals surface area contributed by atoms with Crippen LogP contribution in [0.1, 0.15) is 28.8 Å². The third kappa shape index (κ3) is 3.80. The summed E-state index contributed by atoms with van der Waals surface area (Å²) in [5.41, 5.74) is 1.54. The number of amides is 2. The highest BCUT2D eigenvalue weighted by molar-refractivity contribution is 8.18. The third-order valence-corrected chi connectivity index (χ3v) is 5.94. The molecule has 4 rings (SSSR count). The Kier molecular flexibility index (Phi) is 5.62. The van der Waals surface area contributed by atoms with Crippen LogP contribution in [-0.4, -0.2) is 50.8 Å². The van der Waals surface area contributed by atoms with Crippen molar-refractivity contribution in [2.45, 2.75) is 19.5 Å². The van der Waals surface area contributed by atoms with Gasteiger partial charge in [-0.3, -0.25) is 14.5 Å². The molecule has 9 nitrogen and oxygen atoms in total. The average molecular weight is 454 g/mol. The molecule has 3 heterocycles. The van der Waals surface area contributed by atoms with E-state index in [1.54, 1.807) is 18.3 Å². The predicted molar refractivity (Wildman–Crippen MR) is 116 cm³/mol. The fraction of sp³-hybridized carbons (Fsp3) is 0.182. The maximum atomic E-state index is 12.8. The molecule has 32 heavy (non-hydrogen) atoms. The van der Waals surface area contributed by atoms with E-state index in [-0.39, 0.29) is 17.2 Å². The molecule has 0 saturated carbocycles. The van der Waals surface area contributed by atoms with Gasteiger partial charge in [0, 0.05) is 22.7 Å². The van der Waals surface area contributed by atoms with Gasteiger partial charge in [-0.25, -0.2) is 9.59 Å². The van der Waals surface area contributed by atoms with Crippen LogP contribution in [0.25, 0.3) is 17.0 Å². The molecule has 0 aliphatic carbocycles. The lowest BCUT2D eigenvalue weighted by atomic mass is 10.1. The zero-order valence-corrected chi connectivity index (χ0v) is 17.9. The number of methoxy groups -OCH3 is 1. The van der Waals surface area contributed by atoms with E-state index in [0.717, 1.165) is 27.6 Å². The summed E-state index contributed by atoms with van der Waals surface area (Å²) in [5.74, 6) is -2.07. The standard InChI is InChI=1S/C22H18N2O7S/c1-12(21(28)30-2)24-19(25)18(32-22(24)29)9-13-10-23(16-6-4-3-5-15(13)16)11-14-7-8-17(31-14)20(26)27/h3-10,12H,11H2,1-2H3,(H,26,27)/b18-9+/t12-/m0/s1. The molecule has 2 aromatic heterocycles. The second-order valence-electron chi connectivity index (χ2n) is 7.05. The second kappa shape index (κ2) is 8.39. The van der Waals surface area contributed by atoms with Gasteiger partial charge in [0.2, 0.25) is 5.76 Å². The fourth-order valence-corrected chi connectivity index (χ4v) is 4.40. The molecular weight excluding hydrogens is 436 g/mol. The van der Waals surface area contributed by atoms with Gasteiger partial charge in [0.1, 0.15) is 11.8 Å². The largest absolute Gasteiger partial charge is 0.475 e. The summed E-state index contributed by atoms with van der Waals surface area (Å²) in [7, 11) is 1.20. The summed E-state index contributed by atoms with van der Waals surface area (Å²) < 4.78 is 11.9. The number of aromatic nitrogens is 1. The first-order valence-corrected chi connectivity index (χ1v) is 10.4. The minimum Gasteiger partial charge on any atom is -0.475 e. The fourth-order valence-electron chi connectivity index (χ4n) is 3.50. The summed E-state index contributed by atoms with van der Waals surface area (Å²) in [6.45, 7) is 1.72. The molecular formula is C22H18N2O7S. The number of hydrogen-bond donors (Lipinski definition) is 1. The van der Waals surface area contributed by atoms with Crippen LogP contribution in [0.4, 0.5) is 4.79 Å². The number of furan rings is 1. The number of carbonyl (C=O) groups is 4. The molecule has 3 aromatic rings. The minimum atomic E-state index is -1.15. The van der Waals surface area contributed by atoms with E-state index in [4.69, 9.17) is 9.52 Å². The van der Waals surface area contributed by atoms with Crippen molar-refractivity contribution in [3.05, 3.63) is 64.6 Å². The van der Waals surface area contributed by atoms with Gasteiger partial charge in [0.25, 0.3) is 11.1 Å². The number of aromatic carboxylic acids is 1. The van der Waals surface area contributed by atoms with E-state index in [2.05, 4.69) is 4.74 Å². The lowest BCUT2D eigenvalue weighted by Crippen LogP contribution is -2.42. The van der Waals surface area contributed by atoms with Crippen LogP contribution in [0, 0.1) is 0 Å². The van der Waals surface area contributed by atoms with Crippen molar-refractivity contribution in [1.29, 1.82) is 0 Å². The molecule has 1 aliphatic rings. The Bertz CT molecular complexity index is 1290. The number of rotatable bonds is 6. The van der Waals surface area contributed by atoms with Crippen LogP contribution in [0.5, 0.6) is 0 Å². The van der Waals surface area contributed by atoms with Crippen molar-refractivity contribution in [1.82, 2.24) is 9.47 Å². The van der Waals surface area contributed by atoms with Crippen molar-refractivity contribution in [3.8, 4) is 0 Å². The highest BCUT2D eigenvalue weighted by Crippen LogP contribution is 2.35. The quantitative estimate of drug-likeness (QED) is 0.443. The molecule has 0 spiro atoms. The number of hydrogen-bond acceptors (Lipinski definition) is 7. The maximum absolute atomic E-state index is 12.8. The normalized spacial score (nSPS) is 16.2. The number of fused-ring (bicyclic) bond motifs is 1. The Morgan fingerprint density at radius 2 is 1.97 bits per heavy atom. The Morgan fingerprint density at radius 1 is 1.22 bits per heavy atom. The molecule has 1 aliphatic heterocycles. The summed E-state index contributed by atoms with van der Waals surface area (Å²) >= 11 is 0.759. The number of ether oxygens (including phenoxy) is 1. The first kappa shape index (κ1) is 21.4. The number of esters is 1. The van der Waals surface area contributed by atoms with Gasteiger partial charge in [-0.05, 0) is 43.0 Å². The van der Waals surface area contributed by atoms with Gasteiger partial charge in [0.05, 0.1) is 18.6 Å². The van der Waals surface area contributed by atoms with Gasteiger partial charge < -0.3 is 18.8 Å². The van der Waals surface area contributed by atoms with Crippen LogP contribution >= 0.6 is 11.8 Å². The smallest absolute Gasteiger partial charge is 0.371 e. The number of carboxylic acid groups (broad SMARTS) is 1. The van der Waals surface area contributed by atoms with E-state index in [0.29, 0.717) is 11.3 Å². The number of thioether (sulfide) groups is 1. The Hall–Kier alpha value is -3.79. The van der Waals surface area contributed by atoms with Gasteiger partial charge in [0.15, 0.2) is 0 Å². The SMILES string of the molecule is COC(=O)[C@H](C)N1C(=O)S/C(=C/c2cn(Cc3ccc(C(=O)O)o3)c3ccccc23)C1=O. The van der Waals surface area contributed by atoms with E-state index >= 15 is 0 Å². The summed E-state index contributed by atoms with van der Waals surface area (Å²) in [6, 6.07) is 9.44. The zero-order chi connectivity index (χ0) is 23.0. The summed E-state index contributed by atoms with van der Waals surface area (Å²) in [4.78, 5) is 49.1. The molecule has 0 radical (unpaired) electrons. The van der Waals surface area contributed by atoms with Crippen LogP contribution in [0.2, 0.25) is 0 Å². The van der Waals surface area contributed by atoms with Crippen LogP contribution in [0.15, 0.2) is 51.9 Å². The molecule has 1 atom stereocenters. The topological polar surface area (TPSA) is 119 Å². The molecule has 1 saturated heterocycles. The molecule has 1 fully saturated rings. The van der Waals surface area contributed by atoms with Crippen molar-refractivity contribution in [3.63, 3.8) is 0 Å². The van der Waals surface area contributed by atoms with Crippen molar-refractivity contribution in [2.24, 2.45) is 0 Å². The van der Waals surface area contributed by atoms with E-state index in [1.807, 2.05) is 28.8 Å². The summed E-state index contributed by atoms with van der Waals surface area (Å²) in [6.07, 6.45) is 3.41. The lowest BCUT2D eigenvalue weighted by Gasteiger charge is -2.18. The molecule has 0 unspecified atom stereocenters. The highest BCUT2D eigenvalue weighted by Gasteiger charge is 2.41. The van der Waals surface area contributed by atoms with Gasteiger partial charge >= 0.3 is 11.9 Å². The molecule has 2 amide bonds. The van der Waals surface area contributed by atoms with Crippen molar-refractivity contribution < 1.29 is 33.4 Å². The average Bonchev–Trinajstić information content (AvgIpc) is 3.45. The number of para-hydroxylation sites is 1. The minimum absolute atomic E-state index is 0.148. The lowest BCUT2D eigenvalue weighted by molar-refractivity contribution is -0.148. The molecule has 1 aromatic carbocycles. The zero-order valence-electron chi connectivity index (χ0n) is 17.1. The highest BCUT2D eigenvalue weighted by atomic mass is 32.2. The van der Waals surface area contributed by atoms with Crippen LogP contribution in [-0.2, 0) is 20.9 Å².